The average molecular weight is 376 g/mol. The SMILES string of the molecule is Cc1cccc(NS(=O)(=O)c2cccc(C(=O)NC[C@@H](C)C(=O)O)c2)c1. The van der Waals surface area contributed by atoms with Crippen LogP contribution in [0.3, 0.4) is 0 Å². The Morgan fingerprint density at radius 2 is 1.81 bits per heavy atom. The van der Waals surface area contributed by atoms with Gasteiger partial charge in [-0.25, -0.2) is 8.42 Å². The van der Waals surface area contributed by atoms with E-state index in [1.54, 1.807) is 18.2 Å². The van der Waals surface area contributed by atoms with Crippen molar-refractivity contribution in [2.24, 2.45) is 5.92 Å². The minimum atomic E-state index is -3.85. The zero-order valence-corrected chi connectivity index (χ0v) is 15.2. The number of sulfonamides is 1. The Balaban J connectivity index is 2.17. The molecule has 0 saturated carbocycles. The highest BCUT2D eigenvalue weighted by atomic mass is 32.2. The molecule has 0 radical (unpaired) electrons. The molecule has 8 heteroatoms. The highest BCUT2D eigenvalue weighted by molar-refractivity contribution is 7.92. The molecule has 0 bridgehead atoms. The van der Waals surface area contributed by atoms with Crippen LogP contribution in [-0.2, 0) is 14.8 Å². The van der Waals surface area contributed by atoms with Crippen molar-refractivity contribution in [2.75, 3.05) is 11.3 Å². The molecule has 3 N–H and O–H groups in total. The maximum atomic E-state index is 12.5. The summed E-state index contributed by atoms with van der Waals surface area (Å²) in [5.74, 6) is -2.30. The Bertz CT molecular complexity index is 925. The molecule has 0 unspecified atom stereocenters. The molecule has 2 rings (SSSR count). The number of hydrogen-bond acceptors (Lipinski definition) is 4. The predicted molar refractivity (Wildman–Crippen MR) is 97.6 cm³/mol. The lowest BCUT2D eigenvalue weighted by atomic mass is 10.1. The van der Waals surface area contributed by atoms with Gasteiger partial charge in [0.15, 0.2) is 0 Å². The van der Waals surface area contributed by atoms with E-state index in [1.165, 1.54) is 31.2 Å². The molecule has 0 aliphatic rings. The summed E-state index contributed by atoms with van der Waals surface area (Å²) in [4.78, 5) is 22.9. The summed E-state index contributed by atoms with van der Waals surface area (Å²) in [6, 6.07) is 12.5. The van der Waals surface area contributed by atoms with Crippen LogP contribution in [0.5, 0.6) is 0 Å². The number of nitrogens with one attached hydrogen (secondary N) is 2. The summed E-state index contributed by atoms with van der Waals surface area (Å²) in [5.41, 5.74) is 1.47. The molecule has 0 fully saturated rings. The number of carboxylic acids is 1. The minimum absolute atomic E-state index is 0.0489. The number of benzene rings is 2. The molecule has 0 aliphatic heterocycles. The Morgan fingerprint density at radius 3 is 2.46 bits per heavy atom. The van der Waals surface area contributed by atoms with E-state index >= 15 is 0 Å². The van der Waals surface area contributed by atoms with Gasteiger partial charge < -0.3 is 10.4 Å². The molecule has 0 saturated heterocycles. The lowest BCUT2D eigenvalue weighted by molar-refractivity contribution is -0.140. The summed E-state index contributed by atoms with van der Waals surface area (Å²) < 4.78 is 27.5. The summed E-state index contributed by atoms with van der Waals surface area (Å²) in [6.45, 7) is 3.27. The van der Waals surface area contributed by atoms with Crippen molar-refractivity contribution in [1.82, 2.24) is 5.32 Å². The van der Waals surface area contributed by atoms with Gasteiger partial charge in [-0.15, -0.1) is 0 Å². The van der Waals surface area contributed by atoms with Crippen molar-refractivity contribution in [3.8, 4) is 0 Å². The first-order chi connectivity index (χ1) is 12.2. The van der Waals surface area contributed by atoms with Gasteiger partial charge in [-0.05, 0) is 42.8 Å². The number of rotatable bonds is 7. The summed E-state index contributed by atoms with van der Waals surface area (Å²) >= 11 is 0. The van der Waals surface area contributed by atoms with Crippen LogP contribution < -0.4 is 10.0 Å². The van der Waals surface area contributed by atoms with E-state index in [4.69, 9.17) is 5.11 Å². The maximum absolute atomic E-state index is 12.5. The number of aliphatic carboxylic acids is 1. The quantitative estimate of drug-likeness (QED) is 0.686. The number of carbonyl (C=O) groups excluding carboxylic acids is 1. The van der Waals surface area contributed by atoms with Crippen LogP contribution in [0.25, 0.3) is 0 Å². The van der Waals surface area contributed by atoms with Gasteiger partial charge in [0.25, 0.3) is 15.9 Å². The molecule has 138 valence electrons. The molecular formula is C18H20N2O5S. The molecule has 1 atom stereocenters. The Morgan fingerprint density at radius 1 is 1.12 bits per heavy atom. The molecule has 26 heavy (non-hydrogen) atoms. The average Bonchev–Trinajstić information content (AvgIpc) is 2.59. The van der Waals surface area contributed by atoms with Gasteiger partial charge in [0.1, 0.15) is 0 Å². The first kappa shape index (κ1) is 19.5. The highest BCUT2D eigenvalue weighted by Crippen LogP contribution is 2.18. The second-order valence-corrected chi connectivity index (χ2v) is 7.63. The topological polar surface area (TPSA) is 113 Å². The second kappa shape index (κ2) is 8.01. The van der Waals surface area contributed by atoms with Crippen LogP contribution in [0, 0.1) is 12.8 Å². The lowest BCUT2D eigenvalue weighted by Crippen LogP contribution is -2.31. The van der Waals surface area contributed by atoms with Crippen LogP contribution in [0.1, 0.15) is 22.8 Å². The van der Waals surface area contributed by atoms with Gasteiger partial charge in [-0.2, -0.15) is 0 Å². The fourth-order valence-corrected chi connectivity index (χ4v) is 3.26. The van der Waals surface area contributed by atoms with Gasteiger partial charge in [0, 0.05) is 17.8 Å². The van der Waals surface area contributed by atoms with Gasteiger partial charge in [0.2, 0.25) is 0 Å². The summed E-state index contributed by atoms with van der Waals surface area (Å²) in [5, 5.41) is 11.3. The first-order valence-corrected chi connectivity index (χ1v) is 9.38. The standard InChI is InChI=1S/C18H20N2O5S/c1-12-5-3-7-15(9-12)20-26(24,25)16-8-4-6-14(10-16)17(21)19-11-13(2)18(22)23/h3-10,13,20H,11H2,1-2H3,(H,19,21)(H,22,23)/t13-/m1/s1. The zero-order valence-electron chi connectivity index (χ0n) is 14.4. The fourth-order valence-electron chi connectivity index (χ4n) is 2.16. The van der Waals surface area contributed by atoms with Crippen molar-refractivity contribution in [3.05, 3.63) is 59.7 Å². The third-order valence-corrected chi connectivity index (χ3v) is 5.05. The molecular weight excluding hydrogens is 356 g/mol. The van der Waals surface area contributed by atoms with Crippen molar-refractivity contribution >= 4 is 27.6 Å². The van der Waals surface area contributed by atoms with Crippen LogP contribution in [0.4, 0.5) is 5.69 Å². The third kappa shape index (κ3) is 5.06. The van der Waals surface area contributed by atoms with Crippen molar-refractivity contribution in [1.29, 1.82) is 0 Å². The number of carbonyl (C=O) groups is 2. The van der Waals surface area contributed by atoms with Crippen LogP contribution >= 0.6 is 0 Å². The smallest absolute Gasteiger partial charge is 0.308 e. The third-order valence-electron chi connectivity index (χ3n) is 3.67. The highest BCUT2D eigenvalue weighted by Gasteiger charge is 2.18. The second-order valence-electron chi connectivity index (χ2n) is 5.95. The normalized spacial score (nSPS) is 12.2. The number of aryl methyl sites for hydroxylation is 1. The molecule has 0 heterocycles. The van der Waals surface area contributed by atoms with E-state index in [1.807, 2.05) is 13.0 Å². The Labute approximate surface area is 152 Å². The lowest BCUT2D eigenvalue weighted by Gasteiger charge is -2.11. The number of anilines is 1. The summed E-state index contributed by atoms with van der Waals surface area (Å²) in [7, 11) is -3.85. The van der Waals surface area contributed by atoms with E-state index < -0.39 is 27.8 Å². The van der Waals surface area contributed by atoms with Gasteiger partial charge in [-0.1, -0.05) is 25.1 Å². The first-order valence-electron chi connectivity index (χ1n) is 7.89. The Kier molecular flexibility index (Phi) is 5.99. The number of hydrogen-bond donors (Lipinski definition) is 3. The van der Waals surface area contributed by atoms with E-state index in [0.717, 1.165) is 5.56 Å². The van der Waals surface area contributed by atoms with Gasteiger partial charge in [-0.3, -0.25) is 14.3 Å². The molecule has 2 aromatic rings. The Hall–Kier alpha value is -2.87. The van der Waals surface area contributed by atoms with Crippen molar-refractivity contribution in [3.63, 3.8) is 0 Å². The van der Waals surface area contributed by atoms with Crippen molar-refractivity contribution < 1.29 is 23.1 Å². The molecule has 2 aromatic carbocycles. The van der Waals surface area contributed by atoms with E-state index in [9.17, 15) is 18.0 Å². The van der Waals surface area contributed by atoms with Gasteiger partial charge >= 0.3 is 5.97 Å². The van der Waals surface area contributed by atoms with Crippen LogP contribution in [-0.4, -0.2) is 31.9 Å². The van der Waals surface area contributed by atoms with E-state index in [-0.39, 0.29) is 17.0 Å². The maximum Gasteiger partial charge on any atom is 0.308 e. The largest absolute Gasteiger partial charge is 0.481 e. The number of amides is 1. The monoisotopic (exact) mass is 376 g/mol. The fraction of sp³-hybridized carbons (Fsp3) is 0.222. The molecule has 1 amide bonds. The zero-order chi connectivity index (χ0) is 19.3. The van der Waals surface area contributed by atoms with Crippen LogP contribution in [0.2, 0.25) is 0 Å². The molecule has 0 aromatic heterocycles. The minimum Gasteiger partial charge on any atom is -0.481 e. The van der Waals surface area contributed by atoms with Gasteiger partial charge in [0.05, 0.1) is 10.8 Å². The van der Waals surface area contributed by atoms with Crippen molar-refractivity contribution in [2.45, 2.75) is 18.7 Å². The van der Waals surface area contributed by atoms with E-state index in [2.05, 4.69) is 10.0 Å². The molecule has 0 spiro atoms. The summed E-state index contributed by atoms with van der Waals surface area (Å²) in [6.07, 6.45) is 0. The molecule has 7 nitrogen and oxygen atoms in total. The van der Waals surface area contributed by atoms with Crippen LogP contribution in [0.15, 0.2) is 53.4 Å². The number of carboxylic acid groups (broad SMARTS) is 1. The molecule has 0 aliphatic carbocycles. The predicted octanol–water partition coefficient (Wildman–Crippen LogP) is 2.25. The van der Waals surface area contributed by atoms with E-state index in [0.29, 0.717) is 5.69 Å².